The highest BCUT2D eigenvalue weighted by molar-refractivity contribution is 7.92. The second kappa shape index (κ2) is 5.05. The molecule has 0 radical (unpaired) electrons. The van der Waals surface area contributed by atoms with Crippen molar-refractivity contribution in [3.8, 4) is 0 Å². The van der Waals surface area contributed by atoms with Gasteiger partial charge in [-0.1, -0.05) is 24.4 Å². The van der Waals surface area contributed by atoms with Crippen molar-refractivity contribution in [2.24, 2.45) is 11.1 Å². The summed E-state index contributed by atoms with van der Waals surface area (Å²) in [5.74, 6) is -0.770. The van der Waals surface area contributed by atoms with Crippen molar-refractivity contribution in [3.05, 3.63) is 35.6 Å². The minimum atomic E-state index is -3.35. The summed E-state index contributed by atoms with van der Waals surface area (Å²) in [6, 6.07) is 5.72. The molecule has 1 aliphatic carbocycles. The summed E-state index contributed by atoms with van der Waals surface area (Å²) in [6.45, 7) is 0.127. The summed E-state index contributed by atoms with van der Waals surface area (Å²) in [6.07, 6.45) is 1.16. The van der Waals surface area contributed by atoms with Gasteiger partial charge >= 0.3 is 0 Å². The topological polar surface area (TPSA) is 69.4 Å². The molecule has 1 aromatic rings. The summed E-state index contributed by atoms with van der Waals surface area (Å²) in [5, 5.41) is -0.724. The largest absolute Gasteiger partial charge is 0.393 e. The van der Waals surface area contributed by atoms with Crippen LogP contribution in [0.25, 0.3) is 0 Å². The Bertz CT molecular complexity index is 630. The summed E-state index contributed by atoms with van der Waals surface area (Å²) in [7, 11) is -1.88. The molecule has 1 saturated carbocycles. The monoisotopic (exact) mass is 317 g/mol. The van der Waals surface area contributed by atoms with Gasteiger partial charge in [0.25, 0.3) is 0 Å². The van der Waals surface area contributed by atoms with Crippen LogP contribution in [0, 0.1) is 11.2 Å². The average Bonchev–Trinajstić information content (AvgIpc) is 3.01. The van der Waals surface area contributed by atoms with Crippen LogP contribution < -0.4 is 5.73 Å². The Morgan fingerprint density at radius 1 is 1.45 bits per heavy atom. The van der Waals surface area contributed by atoms with Gasteiger partial charge in [0.05, 0.1) is 22.3 Å². The number of ether oxygens (including phenoxy) is 1. The van der Waals surface area contributed by atoms with E-state index in [2.05, 4.69) is 0 Å². The van der Waals surface area contributed by atoms with E-state index < -0.39 is 26.4 Å². The molecule has 0 heterocycles. The first-order valence-corrected chi connectivity index (χ1v) is 8.34. The number of benzene rings is 1. The van der Waals surface area contributed by atoms with Crippen LogP contribution in [0.4, 0.5) is 4.39 Å². The van der Waals surface area contributed by atoms with Crippen molar-refractivity contribution in [2.45, 2.75) is 11.2 Å². The Kier molecular flexibility index (Phi) is 3.88. The van der Waals surface area contributed by atoms with Gasteiger partial charge in [-0.25, -0.2) is 12.8 Å². The van der Waals surface area contributed by atoms with Crippen molar-refractivity contribution in [1.29, 1.82) is 0 Å². The maximum absolute atomic E-state index is 13.0. The van der Waals surface area contributed by atoms with E-state index in [0.29, 0.717) is 5.56 Å². The Balaban J connectivity index is 2.49. The SMILES string of the molecule is COC[C@@]1(C(N)=S)[C@H](S(C)(=O)=O)[C@@H]1c1ccc(F)cc1. The Hall–Kier alpha value is -1.05. The zero-order valence-electron chi connectivity index (χ0n) is 11.2. The molecule has 0 bridgehead atoms. The van der Waals surface area contributed by atoms with Crippen molar-refractivity contribution in [2.75, 3.05) is 20.0 Å². The van der Waals surface area contributed by atoms with Crippen molar-refractivity contribution >= 4 is 27.0 Å². The van der Waals surface area contributed by atoms with E-state index in [1.807, 2.05) is 0 Å². The molecule has 0 amide bonds. The molecule has 0 saturated heterocycles. The van der Waals surface area contributed by atoms with E-state index in [4.69, 9.17) is 22.7 Å². The lowest BCUT2D eigenvalue weighted by molar-refractivity contribution is 0.166. The molecule has 1 aliphatic rings. The van der Waals surface area contributed by atoms with E-state index in [0.717, 1.165) is 6.26 Å². The van der Waals surface area contributed by atoms with Gasteiger partial charge in [-0.3, -0.25) is 0 Å². The number of halogens is 1. The van der Waals surface area contributed by atoms with Crippen molar-refractivity contribution in [1.82, 2.24) is 0 Å². The lowest BCUT2D eigenvalue weighted by Gasteiger charge is -2.15. The van der Waals surface area contributed by atoms with Gasteiger partial charge in [0, 0.05) is 19.3 Å². The average molecular weight is 317 g/mol. The summed E-state index contributed by atoms with van der Waals surface area (Å²) in [5.41, 5.74) is 5.57. The number of thiocarbonyl (C=S) groups is 1. The second-order valence-electron chi connectivity index (χ2n) is 5.12. The molecule has 4 nitrogen and oxygen atoms in total. The lowest BCUT2D eigenvalue weighted by Crippen LogP contribution is -2.32. The van der Waals surface area contributed by atoms with Crippen LogP contribution in [0.3, 0.4) is 0 Å². The van der Waals surface area contributed by atoms with Gasteiger partial charge in [0.2, 0.25) is 0 Å². The predicted molar refractivity (Wildman–Crippen MR) is 78.9 cm³/mol. The zero-order chi connectivity index (χ0) is 15.1. The van der Waals surface area contributed by atoms with E-state index in [9.17, 15) is 12.8 Å². The number of hydrogen-bond acceptors (Lipinski definition) is 4. The molecule has 1 aromatic carbocycles. The highest BCUT2D eigenvalue weighted by atomic mass is 32.2. The van der Waals surface area contributed by atoms with Gasteiger partial charge < -0.3 is 10.5 Å². The summed E-state index contributed by atoms with van der Waals surface area (Å²) in [4.78, 5) is 0.115. The predicted octanol–water partition coefficient (Wildman–Crippen LogP) is 1.26. The molecule has 110 valence electrons. The minimum Gasteiger partial charge on any atom is -0.393 e. The van der Waals surface area contributed by atoms with Crippen LogP contribution in [0.1, 0.15) is 11.5 Å². The quantitative estimate of drug-likeness (QED) is 0.828. The standard InChI is InChI=1S/C13H16FNO3S2/c1-18-7-13(12(15)19)10(11(13)20(2,16)17)8-3-5-9(14)6-4-8/h3-6,10-11H,7H2,1-2H3,(H2,15,19)/t10-,11+,13-/m0/s1. The Morgan fingerprint density at radius 2 is 2.00 bits per heavy atom. The Labute approximate surface area is 123 Å². The third kappa shape index (κ3) is 2.34. The number of sulfone groups is 1. The molecular weight excluding hydrogens is 301 g/mol. The molecule has 2 N–H and O–H groups in total. The second-order valence-corrected chi connectivity index (χ2v) is 7.72. The zero-order valence-corrected chi connectivity index (χ0v) is 12.8. The highest BCUT2D eigenvalue weighted by Crippen LogP contribution is 2.63. The molecule has 1 fully saturated rings. The molecule has 0 spiro atoms. The van der Waals surface area contributed by atoms with Crippen LogP contribution in [0.15, 0.2) is 24.3 Å². The smallest absolute Gasteiger partial charge is 0.152 e. The molecule has 20 heavy (non-hydrogen) atoms. The van der Waals surface area contributed by atoms with Gasteiger partial charge in [0.1, 0.15) is 5.82 Å². The molecule has 2 rings (SSSR count). The number of nitrogens with two attached hydrogens (primary N) is 1. The third-order valence-corrected chi connectivity index (χ3v) is 5.78. The first kappa shape index (κ1) is 15.3. The molecule has 0 unspecified atom stereocenters. The van der Waals surface area contributed by atoms with Gasteiger partial charge in [-0.2, -0.15) is 0 Å². The van der Waals surface area contributed by atoms with E-state index in [-0.39, 0.29) is 17.4 Å². The Morgan fingerprint density at radius 3 is 2.40 bits per heavy atom. The summed E-state index contributed by atoms with van der Waals surface area (Å²) >= 11 is 5.07. The fraction of sp³-hybridized carbons (Fsp3) is 0.462. The minimum absolute atomic E-state index is 0.115. The van der Waals surface area contributed by atoms with Gasteiger partial charge in [-0.15, -0.1) is 0 Å². The van der Waals surface area contributed by atoms with Crippen LogP contribution in [0.5, 0.6) is 0 Å². The first-order valence-electron chi connectivity index (χ1n) is 5.98. The fourth-order valence-corrected chi connectivity index (χ4v) is 5.26. The fourth-order valence-electron chi connectivity index (χ4n) is 2.95. The maximum atomic E-state index is 13.0. The number of hydrogen-bond donors (Lipinski definition) is 1. The van der Waals surface area contributed by atoms with Gasteiger partial charge in [0.15, 0.2) is 9.84 Å². The lowest BCUT2D eigenvalue weighted by atomic mass is 10.00. The number of rotatable bonds is 5. The molecule has 0 aliphatic heterocycles. The van der Waals surface area contributed by atoms with Gasteiger partial charge in [-0.05, 0) is 17.7 Å². The van der Waals surface area contributed by atoms with E-state index in [1.54, 1.807) is 12.1 Å². The highest BCUT2D eigenvalue weighted by Gasteiger charge is 2.71. The maximum Gasteiger partial charge on any atom is 0.152 e. The van der Waals surface area contributed by atoms with E-state index >= 15 is 0 Å². The third-order valence-electron chi connectivity index (χ3n) is 3.79. The van der Waals surface area contributed by atoms with E-state index in [1.165, 1.54) is 19.2 Å². The number of methoxy groups -OCH3 is 1. The molecule has 3 atom stereocenters. The normalized spacial score (nSPS) is 29.1. The molecule has 0 aromatic heterocycles. The summed E-state index contributed by atoms with van der Waals surface area (Å²) < 4.78 is 42.1. The van der Waals surface area contributed by atoms with Crippen molar-refractivity contribution < 1.29 is 17.5 Å². The van der Waals surface area contributed by atoms with Crippen LogP contribution in [-0.4, -0.2) is 38.6 Å². The van der Waals surface area contributed by atoms with Crippen LogP contribution >= 0.6 is 12.2 Å². The molecule has 7 heteroatoms. The van der Waals surface area contributed by atoms with Crippen LogP contribution in [0.2, 0.25) is 0 Å². The molecular formula is C13H16FNO3S2. The van der Waals surface area contributed by atoms with Crippen LogP contribution in [-0.2, 0) is 14.6 Å². The van der Waals surface area contributed by atoms with Crippen molar-refractivity contribution in [3.63, 3.8) is 0 Å². The first-order chi connectivity index (χ1) is 9.25.